The normalized spacial score (nSPS) is 19.1. The highest BCUT2D eigenvalue weighted by Crippen LogP contribution is 2.29. The van der Waals surface area contributed by atoms with Crippen LogP contribution in [0.2, 0.25) is 0 Å². The van der Waals surface area contributed by atoms with E-state index in [2.05, 4.69) is 4.98 Å². The van der Waals surface area contributed by atoms with Crippen molar-refractivity contribution in [2.75, 3.05) is 26.8 Å². The molecular weight excluding hydrogens is 268 g/mol. The van der Waals surface area contributed by atoms with E-state index in [0.717, 1.165) is 36.4 Å². The van der Waals surface area contributed by atoms with Gasteiger partial charge in [0.05, 0.1) is 18.9 Å². The summed E-state index contributed by atoms with van der Waals surface area (Å²) in [5.41, 5.74) is 1.70. The number of aromatic nitrogens is 1. The van der Waals surface area contributed by atoms with Crippen LogP contribution >= 0.6 is 0 Å². The van der Waals surface area contributed by atoms with Crippen LogP contribution in [0.25, 0.3) is 11.1 Å². The van der Waals surface area contributed by atoms with Gasteiger partial charge in [0.2, 0.25) is 5.91 Å². The summed E-state index contributed by atoms with van der Waals surface area (Å²) in [4.78, 5) is 18.6. The number of piperidine rings is 1. The molecule has 1 fully saturated rings. The Kier molecular flexibility index (Phi) is 4.20. The first-order valence-corrected chi connectivity index (χ1v) is 7.40. The second-order valence-electron chi connectivity index (χ2n) is 5.44. The Balaban J connectivity index is 1.72. The lowest BCUT2D eigenvalue weighted by molar-refractivity contribution is -0.133. The number of methoxy groups -OCH3 is 1. The van der Waals surface area contributed by atoms with Gasteiger partial charge in [-0.25, -0.2) is 4.98 Å². The molecular formula is C16H20N2O3. The van der Waals surface area contributed by atoms with Crippen LogP contribution < -0.4 is 0 Å². The van der Waals surface area contributed by atoms with Crippen LogP contribution in [0.5, 0.6) is 0 Å². The first-order valence-electron chi connectivity index (χ1n) is 7.40. The highest BCUT2D eigenvalue weighted by Gasteiger charge is 2.27. The molecule has 21 heavy (non-hydrogen) atoms. The predicted octanol–water partition coefficient (Wildman–Crippen LogP) is 2.57. The van der Waals surface area contributed by atoms with Crippen LogP contribution in [0.3, 0.4) is 0 Å². The second kappa shape index (κ2) is 6.26. The molecule has 5 nitrogen and oxygen atoms in total. The predicted molar refractivity (Wildman–Crippen MR) is 79.1 cm³/mol. The zero-order valence-corrected chi connectivity index (χ0v) is 12.2. The van der Waals surface area contributed by atoms with E-state index in [1.165, 1.54) is 0 Å². The summed E-state index contributed by atoms with van der Waals surface area (Å²) in [6, 6.07) is 7.78. The summed E-state index contributed by atoms with van der Waals surface area (Å²) in [5.74, 6) is 1.09. The molecule has 3 rings (SSSR count). The van der Waals surface area contributed by atoms with E-state index in [1.807, 2.05) is 29.2 Å². The van der Waals surface area contributed by atoms with E-state index in [-0.39, 0.29) is 11.8 Å². The van der Waals surface area contributed by atoms with Crippen molar-refractivity contribution in [2.24, 2.45) is 0 Å². The smallest absolute Gasteiger partial charge is 0.224 e. The summed E-state index contributed by atoms with van der Waals surface area (Å²) in [7, 11) is 1.62. The minimum atomic E-state index is 0.151. The summed E-state index contributed by atoms with van der Waals surface area (Å²) in [6.45, 7) is 1.98. The summed E-state index contributed by atoms with van der Waals surface area (Å²) < 4.78 is 10.8. The van der Waals surface area contributed by atoms with Crippen molar-refractivity contribution in [3.63, 3.8) is 0 Å². The number of hydrogen-bond acceptors (Lipinski definition) is 4. The molecule has 0 bridgehead atoms. The quantitative estimate of drug-likeness (QED) is 0.867. The number of amides is 1. The lowest BCUT2D eigenvalue weighted by atomic mass is 9.98. The van der Waals surface area contributed by atoms with Crippen molar-refractivity contribution in [1.82, 2.24) is 9.88 Å². The van der Waals surface area contributed by atoms with E-state index in [0.29, 0.717) is 19.6 Å². The third kappa shape index (κ3) is 3.08. The molecule has 2 aromatic rings. The minimum absolute atomic E-state index is 0.151. The highest BCUT2D eigenvalue weighted by molar-refractivity contribution is 5.76. The van der Waals surface area contributed by atoms with E-state index in [4.69, 9.17) is 9.15 Å². The number of hydrogen-bond donors (Lipinski definition) is 0. The van der Waals surface area contributed by atoms with Gasteiger partial charge in [-0.05, 0) is 25.0 Å². The Hall–Kier alpha value is -1.88. The van der Waals surface area contributed by atoms with E-state index < -0.39 is 0 Å². The maximum Gasteiger partial charge on any atom is 0.224 e. The highest BCUT2D eigenvalue weighted by atomic mass is 16.5. The third-order valence-corrected chi connectivity index (χ3v) is 3.95. The van der Waals surface area contributed by atoms with E-state index in [9.17, 15) is 4.79 Å². The van der Waals surface area contributed by atoms with Gasteiger partial charge < -0.3 is 14.1 Å². The Morgan fingerprint density at radius 3 is 3.14 bits per heavy atom. The average Bonchev–Trinajstić information content (AvgIpc) is 2.97. The van der Waals surface area contributed by atoms with Gasteiger partial charge in [0, 0.05) is 20.2 Å². The molecule has 0 radical (unpaired) electrons. The fraction of sp³-hybridized carbons (Fsp3) is 0.500. The molecule has 1 aromatic heterocycles. The maximum absolute atomic E-state index is 12.1. The van der Waals surface area contributed by atoms with Crippen molar-refractivity contribution in [3.05, 3.63) is 30.2 Å². The SMILES string of the molecule is COCCC(=O)N1CCC[C@@H](c2nc3ccccc3o2)C1. The molecule has 112 valence electrons. The second-order valence-corrected chi connectivity index (χ2v) is 5.44. The number of ether oxygens (including phenoxy) is 1. The maximum atomic E-state index is 12.1. The molecule has 1 aliphatic heterocycles. The number of likely N-dealkylation sites (tertiary alicyclic amines) is 1. The first-order chi connectivity index (χ1) is 10.3. The Morgan fingerprint density at radius 1 is 1.48 bits per heavy atom. The van der Waals surface area contributed by atoms with Crippen LogP contribution in [-0.4, -0.2) is 42.6 Å². The van der Waals surface area contributed by atoms with Crippen LogP contribution in [-0.2, 0) is 9.53 Å². The van der Waals surface area contributed by atoms with Gasteiger partial charge in [-0.3, -0.25) is 4.79 Å². The molecule has 1 amide bonds. The minimum Gasteiger partial charge on any atom is -0.440 e. The standard InChI is InChI=1S/C16H20N2O3/c1-20-10-8-15(19)18-9-4-5-12(11-18)16-17-13-6-2-3-7-14(13)21-16/h2-3,6-7,12H,4-5,8-11H2,1H3/t12-/m1/s1. The number of carbonyl (C=O) groups is 1. The van der Waals surface area contributed by atoms with E-state index >= 15 is 0 Å². The molecule has 0 N–H and O–H groups in total. The van der Waals surface area contributed by atoms with Gasteiger partial charge in [0.15, 0.2) is 11.5 Å². The summed E-state index contributed by atoms with van der Waals surface area (Å²) in [5, 5.41) is 0. The van der Waals surface area contributed by atoms with Gasteiger partial charge in [-0.1, -0.05) is 12.1 Å². The Labute approximate surface area is 123 Å². The molecule has 1 aliphatic rings. The molecule has 1 aromatic carbocycles. The summed E-state index contributed by atoms with van der Waals surface area (Å²) >= 11 is 0. The van der Waals surface area contributed by atoms with Crippen LogP contribution in [0.4, 0.5) is 0 Å². The number of oxazole rings is 1. The number of nitrogens with zero attached hydrogens (tertiary/aromatic N) is 2. The Bertz CT molecular complexity index is 590. The lowest BCUT2D eigenvalue weighted by Crippen LogP contribution is -2.39. The molecule has 2 heterocycles. The number of benzene rings is 1. The van der Waals surface area contributed by atoms with Gasteiger partial charge in [0.1, 0.15) is 5.52 Å². The van der Waals surface area contributed by atoms with Crippen molar-refractivity contribution in [1.29, 1.82) is 0 Å². The van der Waals surface area contributed by atoms with Crippen LogP contribution in [0, 0.1) is 0 Å². The van der Waals surface area contributed by atoms with Crippen molar-refractivity contribution in [2.45, 2.75) is 25.2 Å². The topological polar surface area (TPSA) is 55.6 Å². The third-order valence-electron chi connectivity index (χ3n) is 3.95. The van der Waals surface area contributed by atoms with Gasteiger partial charge in [0.25, 0.3) is 0 Å². The fourth-order valence-electron chi connectivity index (χ4n) is 2.82. The largest absolute Gasteiger partial charge is 0.440 e. The fourth-order valence-corrected chi connectivity index (χ4v) is 2.82. The Morgan fingerprint density at radius 2 is 2.33 bits per heavy atom. The van der Waals surface area contributed by atoms with Crippen molar-refractivity contribution in [3.8, 4) is 0 Å². The van der Waals surface area contributed by atoms with Gasteiger partial charge in [-0.2, -0.15) is 0 Å². The molecule has 1 atom stereocenters. The number of rotatable bonds is 4. The number of para-hydroxylation sites is 2. The zero-order chi connectivity index (χ0) is 14.7. The van der Waals surface area contributed by atoms with E-state index in [1.54, 1.807) is 7.11 Å². The van der Waals surface area contributed by atoms with Gasteiger partial charge >= 0.3 is 0 Å². The molecule has 0 unspecified atom stereocenters. The van der Waals surface area contributed by atoms with Crippen LogP contribution in [0.15, 0.2) is 28.7 Å². The monoisotopic (exact) mass is 288 g/mol. The van der Waals surface area contributed by atoms with Crippen molar-refractivity contribution >= 4 is 17.0 Å². The molecule has 0 saturated carbocycles. The molecule has 0 spiro atoms. The summed E-state index contributed by atoms with van der Waals surface area (Å²) in [6.07, 6.45) is 2.44. The number of fused-ring (bicyclic) bond motifs is 1. The molecule has 1 saturated heterocycles. The molecule has 5 heteroatoms. The van der Waals surface area contributed by atoms with Crippen LogP contribution in [0.1, 0.15) is 31.1 Å². The van der Waals surface area contributed by atoms with Crippen molar-refractivity contribution < 1.29 is 13.9 Å². The average molecular weight is 288 g/mol. The zero-order valence-electron chi connectivity index (χ0n) is 12.2. The molecule has 0 aliphatic carbocycles. The number of carbonyl (C=O) groups excluding carboxylic acids is 1. The van der Waals surface area contributed by atoms with Gasteiger partial charge in [-0.15, -0.1) is 0 Å². The first kappa shape index (κ1) is 14.1. The lowest BCUT2D eigenvalue weighted by Gasteiger charge is -2.31.